The molecule has 2 fully saturated rings. The molecule has 176 valence electrons. The lowest BCUT2D eigenvalue weighted by atomic mass is 9.54. The van der Waals surface area contributed by atoms with Gasteiger partial charge >= 0.3 is 0 Å². The van der Waals surface area contributed by atoms with E-state index in [1.807, 2.05) is 13.0 Å². The number of rotatable bonds is 4. The fourth-order valence-electron chi connectivity index (χ4n) is 6.87. The molecule has 8 heteroatoms. The molecule has 3 aliphatic carbocycles. The average Bonchev–Trinajstić information content (AvgIpc) is 3.30. The van der Waals surface area contributed by atoms with Gasteiger partial charge in [0.25, 0.3) is 0 Å². The molecule has 0 radical (unpaired) electrons. The first-order chi connectivity index (χ1) is 15.7. The molecule has 0 bridgehead atoms. The zero-order valence-electron chi connectivity index (χ0n) is 18.8. The highest BCUT2D eigenvalue weighted by atomic mass is 35.5. The van der Waals surface area contributed by atoms with E-state index < -0.39 is 0 Å². The van der Waals surface area contributed by atoms with Crippen molar-refractivity contribution in [2.45, 2.75) is 64.7 Å². The van der Waals surface area contributed by atoms with Crippen LogP contribution < -0.4 is 5.32 Å². The zero-order chi connectivity index (χ0) is 23.5. The highest BCUT2D eigenvalue weighted by Crippen LogP contribution is 2.63. The van der Waals surface area contributed by atoms with Crippen LogP contribution in [0.4, 0.5) is 5.13 Å². The normalized spacial score (nSPS) is 30.5. The molecule has 0 saturated heterocycles. The van der Waals surface area contributed by atoms with E-state index in [1.54, 1.807) is 6.20 Å². The summed E-state index contributed by atoms with van der Waals surface area (Å²) < 4.78 is 0. The van der Waals surface area contributed by atoms with E-state index in [4.69, 9.17) is 23.2 Å². The SMILES string of the molecule is Cc1cnc(NC(=O)CCC2CC(=O)C3(C)CCC4c5cc(Cl)c(O)c(Cl)c5CCC4C23)s1. The maximum atomic E-state index is 13.2. The number of carbonyl (C=O) groups is 2. The van der Waals surface area contributed by atoms with Gasteiger partial charge < -0.3 is 10.4 Å². The molecule has 2 saturated carbocycles. The average molecular weight is 507 g/mol. The second kappa shape index (κ2) is 8.54. The zero-order valence-corrected chi connectivity index (χ0v) is 21.1. The second-order valence-corrected chi connectivity index (χ2v) is 12.1. The Kier molecular flexibility index (Phi) is 5.99. The Hall–Kier alpha value is -1.63. The maximum absolute atomic E-state index is 13.2. The van der Waals surface area contributed by atoms with Gasteiger partial charge in [-0.25, -0.2) is 4.98 Å². The Morgan fingerprint density at radius 1 is 1.36 bits per heavy atom. The van der Waals surface area contributed by atoms with Gasteiger partial charge in [0.2, 0.25) is 5.91 Å². The number of nitrogens with zero attached hydrogens (tertiary/aromatic N) is 1. The highest BCUT2D eigenvalue weighted by molar-refractivity contribution is 7.15. The molecule has 2 N–H and O–H groups in total. The summed E-state index contributed by atoms with van der Waals surface area (Å²) >= 11 is 14.2. The number of anilines is 1. The molecule has 5 rings (SSSR count). The molecule has 0 spiro atoms. The number of aromatic nitrogens is 1. The number of thiazole rings is 1. The number of nitrogens with one attached hydrogen (secondary N) is 1. The molecular formula is C25H28Cl2N2O3S. The molecule has 33 heavy (non-hydrogen) atoms. The number of hydrogen-bond acceptors (Lipinski definition) is 5. The van der Waals surface area contributed by atoms with E-state index in [1.165, 1.54) is 11.3 Å². The van der Waals surface area contributed by atoms with Gasteiger partial charge in [-0.3, -0.25) is 9.59 Å². The lowest BCUT2D eigenvalue weighted by molar-refractivity contribution is -0.129. The Bertz CT molecular complexity index is 1130. The van der Waals surface area contributed by atoms with Gasteiger partial charge in [-0.2, -0.15) is 0 Å². The number of amides is 1. The Morgan fingerprint density at radius 2 is 2.15 bits per heavy atom. The van der Waals surface area contributed by atoms with Crippen LogP contribution in [0.1, 0.15) is 67.4 Å². The van der Waals surface area contributed by atoms with Crippen LogP contribution in [-0.2, 0) is 16.0 Å². The van der Waals surface area contributed by atoms with Gasteiger partial charge in [-0.05, 0) is 79.9 Å². The molecule has 1 amide bonds. The van der Waals surface area contributed by atoms with Crippen LogP contribution in [0.25, 0.3) is 0 Å². The number of aromatic hydroxyl groups is 1. The largest absolute Gasteiger partial charge is 0.505 e. The molecule has 1 heterocycles. The minimum atomic E-state index is -0.323. The van der Waals surface area contributed by atoms with Crippen molar-refractivity contribution < 1.29 is 14.7 Å². The molecule has 5 unspecified atom stereocenters. The number of phenolic OH excluding ortho intramolecular Hbond substituents is 1. The van der Waals surface area contributed by atoms with Gasteiger partial charge in [-0.1, -0.05) is 30.1 Å². The van der Waals surface area contributed by atoms with Crippen molar-refractivity contribution >= 4 is 51.4 Å². The first kappa shape index (κ1) is 23.1. The summed E-state index contributed by atoms with van der Waals surface area (Å²) in [6.07, 6.45) is 6.88. The number of halogens is 2. The third-order valence-electron chi connectivity index (χ3n) is 8.35. The number of carbonyl (C=O) groups excluding carboxylic acids is 2. The lowest BCUT2D eigenvalue weighted by Crippen LogP contribution is -2.44. The molecular weight excluding hydrogens is 479 g/mol. The molecule has 1 aromatic carbocycles. The molecule has 3 aliphatic rings. The summed E-state index contributed by atoms with van der Waals surface area (Å²) in [6, 6.07) is 1.88. The summed E-state index contributed by atoms with van der Waals surface area (Å²) in [5, 5.41) is 14.4. The monoisotopic (exact) mass is 506 g/mol. The summed E-state index contributed by atoms with van der Waals surface area (Å²) in [5.74, 6) is 1.35. The number of ketones is 1. The predicted octanol–water partition coefficient (Wildman–Crippen LogP) is 6.53. The van der Waals surface area contributed by atoms with Gasteiger partial charge in [-0.15, -0.1) is 11.3 Å². The first-order valence-electron chi connectivity index (χ1n) is 11.6. The fraction of sp³-hybridized carbons (Fsp3) is 0.560. The van der Waals surface area contributed by atoms with Crippen LogP contribution in [0.5, 0.6) is 5.75 Å². The highest BCUT2D eigenvalue weighted by Gasteiger charge is 2.58. The van der Waals surface area contributed by atoms with E-state index in [0.29, 0.717) is 46.1 Å². The number of aryl methyl sites for hydroxylation is 1. The smallest absolute Gasteiger partial charge is 0.226 e. The Labute approximate surface area is 207 Å². The molecule has 2 aromatic rings. The van der Waals surface area contributed by atoms with E-state index in [-0.39, 0.29) is 34.8 Å². The second-order valence-electron chi connectivity index (χ2n) is 10.1. The molecule has 1 aromatic heterocycles. The number of Topliss-reactive ketones (excluding diaryl/α,β-unsaturated/α-hetero) is 1. The fourth-order valence-corrected chi connectivity index (χ4v) is 8.12. The summed E-state index contributed by atoms with van der Waals surface area (Å²) in [6.45, 7) is 4.10. The van der Waals surface area contributed by atoms with Crippen molar-refractivity contribution in [1.29, 1.82) is 0 Å². The topological polar surface area (TPSA) is 79.3 Å². The summed E-state index contributed by atoms with van der Waals surface area (Å²) in [4.78, 5) is 31.0. The van der Waals surface area contributed by atoms with Crippen LogP contribution in [-0.4, -0.2) is 21.8 Å². The van der Waals surface area contributed by atoms with E-state index >= 15 is 0 Å². The van der Waals surface area contributed by atoms with Crippen LogP contribution >= 0.6 is 34.5 Å². The minimum absolute atomic E-state index is 0.0356. The quantitative estimate of drug-likeness (QED) is 0.493. The molecule has 0 aliphatic heterocycles. The van der Waals surface area contributed by atoms with Crippen molar-refractivity contribution in [3.63, 3.8) is 0 Å². The van der Waals surface area contributed by atoms with Crippen LogP contribution in [0, 0.1) is 30.1 Å². The Morgan fingerprint density at radius 3 is 2.88 bits per heavy atom. The van der Waals surface area contributed by atoms with Gasteiger partial charge in [0.15, 0.2) is 10.9 Å². The molecule has 5 nitrogen and oxygen atoms in total. The third-order valence-corrected chi connectivity index (χ3v) is 9.87. The number of benzene rings is 1. The number of phenols is 1. The van der Waals surface area contributed by atoms with E-state index in [0.717, 1.165) is 41.7 Å². The van der Waals surface area contributed by atoms with Crippen molar-refractivity contribution in [1.82, 2.24) is 4.98 Å². The Balaban J connectivity index is 1.37. The van der Waals surface area contributed by atoms with E-state index in [9.17, 15) is 14.7 Å². The van der Waals surface area contributed by atoms with Gasteiger partial charge in [0, 0.05) is 29.3 Å². The maximum Gasteiger partial charge on any atom is 0.226 e. The number of fused-ring (bicyclic) bond motifs is 5. The van der Waals surface area contributed by atoms with Crippen molar-refractivity contribution in [2.24, 2.45) is 23.2 Å². The molecule has 5 atom stereocenters. The summed E-state index contributed by atoms with van der Waals surface area (Å²) in [5.41, 5.74) is 1.81. The van der Waals surface area contributed by atoms with Crippen LogP contribution in [0.2, 0.25) is 10.0 Å². The van der Waals surface area contributed by atoms with Gasteiger partial charge in [0.1, 0.15) is 5.78 Å². The van der Waals surface area contributed by atoms with Crippen molar-refractivity contribution in [3.05, 3.63) is 38.3 Å². The summed E-state index contributed by atoms with van der Waals surface area (Å²) in [7, 11) is 0. The predicted molar refractivity (Wildman–Crippen MR) is 131 cm³/mol. The van der Waals surface area contributed by atoms with E-state index in [2.05, 4.69) is 17.2 Å². The lowest BCUT2D eigenvalue weighted by Gasteiger charge is -2.50. The standard InChI is InChI=1S/C25H28Cl2N2O3S/c1-12-11-28-24(33-12)29-20(31)6-3-13-9-19(30)25(2)8-7-14-15(21(13)25)4-5-16-17(14)10-18(26)23(32)22(16)27/h10-11,13-15,21,32H,3-9H2,1-2H3,(H,28,29,31). The first-order valence-corrected chi connectivity index (χ1v) is 13.2. The van der Waals surface area contributed by atoms with Crippen LogP contribution in [0.3, 0.4) is 0 Å². The number of hydrogen-bond donors (Lipinski definition) is 2. The van der Waals surface area contributed by atoms with Crippen molar-refractivity contribution in [2.75, 3.05) is 5.32 Å². The van der Waals surface area contributed by atoms with Crippen LogP contribution in [0.15, 0.2) is 12.3 Å². The van der Waals surface area contributed by atoms with Gasteiger partial charge in [0.05, 0.1) is 10.0 Å². The minimum Gasteiger partial charge on any atom is -0.505 e. The van der Waals surface area contributed by atoms with Crippen molar-refractivity contribution in [3.8, 4) is 5.75 Å². The third kappa shape index (κ3) is 3.88.